The van der Waals surface area contributed by atoms with E-state index in [0.29, 0.717) is 0 Å². The van der Waals surface area contributed by atoms with Crippen molar-refractivity contribution in [1.29, 1.82) is 0 Å². The minimum absolute atomic E-state index is 0.278. The molecule has 0 aromatic heterocycles. The summed E-state index contributed by atoms with van der Waals surface area (Å²) in [5, 5.41) is 0. The standard InChI is InChI=1S/C13H16/c1-4-13(3)9-10(2)11-7-5-6-8-12(11)13/h5-9H,4H2,1-3H3. The van der Waals surface area contributed by atoms with Crippen LogP contribution in [0.1, 0.15) is 38.3 Å². The molecule has 13 heavy (non-hydrogen) atoms. The minimum Gasteiger partial charge on any atom is -0.0707 e. The molecule has 0 N–H and O–H groups in total. The van der Waals surface area contributed by atoms with Crippen LogP contribution in [0.2, 0.25) is 0 Å². The number of rotatable bonds is 1. The molecule has 0 heterocycles. The molecule has 1 unspecified atom stereocenters. The zero-order chi connectivity index (χ0) is 9.47. The Morgan fingerprint density at radius 1 is 1.23 bits per heavy atom. The topological polar surface area (TPSA) is 0 Å². The van der Waals surface area contributed by atoms with Gasteiger partial charge in [-0.3, -0.25) is 0 Å². The lowest BCUT2D eigenvalue weighted by Gasteiger charge is -2.21. The van der Waals surface area contributed by atoms with Crippen LogP contribution in [-0.2, 0) is 5.41 Å². The summed E-state index contributed by atoms with van der Waals surface area (Å²) >= 11 is 0. The number of hydrogen-bond donors (Lipinski definition) is 0. The van der Waals surface area contributed by atoms with Crippen molar-refractivity contribution in [2.45, 2.75) is 32.6 Å². The Balaban J connectivity index is 2.62. The van der Waals surface area contributed by atoms with E-state index in [9.17, 15) is 0 Å². The largest absolute Gasteiger partial charge is 0.0707 e. The molecule has 1 aliphatic carbocycles. The quantitative estimate of drug-likeness (QED) is 0.605. The van der Waals surface area contributed by atoms with Crippen molar-refractivity contribution in [1.82, 2.24) is 0 Å². The Hall–Kier alpha value is -1.04. The Morgan fingerprint density at radius 2 is 1.92 bits per heavy atom. The Labute approximate surface area is 80.3 Å². The third-order valence-corrected chi connectivity index (χ3v) is 3.24. The van der Waals surface area contributed by atoms with E-state index in [4.69, 9.17) is 0 Å². The van der Waals surface area contributed by atoms with Gasteiger partial charge in [-0.15, -0.1) is 0 Å². The van der Waals surface area contributed by atoms with Gasteiger partial charge in [0, 0.05) is 5.41 Å². The maximum atomic E-state index is 2.40. The van der Waals surface area contributed by atoms with Crippen molar-refractivity contribution in [2.75, 3.05) is 0 Å². The van der Waals surface area contributed by atoms with E-state index in [-0.39, 0.29) is 5.41 Å². The highest BCUT2D eigenvalue weighted by Gasteiger charge is 2.29. The highest BCUT2D eigenvalue weighted by molar-refractivity contribution is 5.75. The summed E-state index contributed by atoms with van der Waals surface area (Å²) in [7, 11) is 0. The van der Waals surface area contributed by atoms with E-state index in [1.54, 1.807) is 0 Å². The summed E-state index contributed by atoms with van der Waals surface area (Å²) in [6, 6.07) is 8.74. The van der Waals surface area contributed by atoms with Crippen LogP contribution in [0, 0.1) is 0 Å². The second-order valence-corrected chi connectivity index (χ2v) is 4.14. The van der Waals surface area contributed by atoms with Crippen molar-refractivity contribution >= 4 is 5.57 Å². The molecular formula is C13H16. The molecule has 1 aromatic rings. The molecule has 0 nitrogen and oxygen atoms in total. The van der Waals surface area contributed by atoms with Crippen molar-refractivity contribution < 1.29 is 0 Å². The zero-order valence-corrected chi connectivity index (χ0v) is 8.59. The molecule has 1 aromatic carbocycles. The number of benzene rings is 1. The summed E-state index contributed by atoms with van der Waals surface area (Å²) in [6.07, 6.45) is 3.58. The SMILES string of the molecule is CCC1(C)C=C(C)c2ccccc21. The van der Waals surface area contributed by atoms with Crippen LogP contribution in [0.15, 0.2) is 30.3 Å². The summed E-state index contributed by atoms with van der Waals surface area (Å²) < 4.78 is 0. The maximum Gasteiger partial charge on any atom is 0.0113 e. The van der Waals surface area contributed by atoms with Crippen LogP contribution in [0.25, 0.3) is 5.57 Å². The first-order valence-corrected chi connectivity index (χ1v) is 4.97. The van der Waals surface area contributed by atoms with E-state index in [1.807, 2.05) is 0 Å². The first kappa shape index (κ1) is 8.55. The lowest BCUT2D eigenvalue weighted by molar-refractivity contribution is 0.582. The summed E-state index contributed by atoms with van der Waals surface area (Å²) in [5.41, 5.74) is 4.64. The van der Waals surface area contributed by atoms with Gasteiger partial charge in [0.15, 0.2) is 0 Å². The monoisotopic (exact) mass is 172 g/mol. The van der Waals surface area contributed by atoms with E-state index in [1.165, 1.54) is 23.1 Å². The summed E-state index contributed by atoms with van der Waals surface area (Å²) in [4.78, 5) is 0. The number of hydrogen-bond acceptors (Lipinski definition) is 0. The lowest BCUT2D eigenvalue weighted by Crippen LogP contribution is -2.14. The van der Waals surface area contributed by atoms with E-state index in [0.717, 1.165) is 0 Å². The zero-order valence-electron chi connectivity index (χ0n) is 8.59. The highest BCUT2D eigenvalue weighted by atomic mass is 14.3. The van der Waals surface area contributed by atoms with Gasteiger partial charge >= 0.3 is 0 Å². The predicted molar refractivity (Wildman–Crippen MR) is 57.7 cm³/mol. The van der Waals surface area contributed by atoms with Crippen molar-refractivity contribution in [3.05, 3.63) is 41.5 Å². The van der Waals surface area contributed by atoms with Gasteiger partial charge < -0.3 is 0 Å². The van der Waals surface area contributed by atoms with Crippen LogP contribution in [0.3, 0.4) is 0 Å². The predicted octanol–water partition coefficient (Wildman–Crippen LogP) is 3.77. The molecule has 0 amide bonds. The maximum absolute atomic E-state index is 2.40. The fourth-order valence-electron chi connectivity index (χ4n) is 2.25. The number of fused-ring (bicyclic) bond motifs is 1. The molecule has 2 rings (SSSR count). The second kappa shape index (κ2) is 2.73. The first-order valence-electron chi connectivity index (χ1n) is 4.97. The van der Waals surface area contributed by atoms with E-state index in [2.05, 4.69) is 51.1 Å². The fraction of sp³-hybridized carbons (Fsp3) is 0.385. The molecule has 0 saturated heterocycles. The van der Waals surface area contributed by atoms with Crippen LogP contribution in [0.5, 0.6) is 0 Å². The van der Waals surface area contributed by atoms with Crippen molar-refractivity contribution in [3.8, 4) is 0 Å². The summed E-state index contributed by atoms with van der Waals surface area (Å²) in [6.45, 7) is 6.79. The smallest absolute Gasteiger partial charge is 0.0113 e. The molecule has 68 valence electrons. The molecule has 0 aliphatic heterocycles. The van der Waals surface area contributed by atoms with Crippen LogP contribution >= 0.6 is 0 Å². The van der Waals surface area contributed by atoms with Gasteiger partial charge in [-0.05, 0) is 30.0 Å². The minimum atomic E-state index is 0.278. The van der Waals surface area contributed by atoms with Gasteiger partial charge in [-0.1, -0.05) is 44.2 Å². The molecule has 0 bridgehead atoms. The van der Waals surface area contributed by atoms with E-state index < -0.39 is 0 Å². The fourth-order valence-corrected chi connectivity index (χ4v) is 2.25. The average molecular weight is 172 g/mol. The molecule has 0 fully saturated rings. The number of allylic oxidation sites excluding steroid dienone is 2. The van der Waals surface area contributed by atoms with Gasteiger partial charge in [0.2, 0.25) is 0 Å². The second-order valence-electron chi connectivity index (χ2n) is 4.14. The van der Waals surface area contributed by atoms with Crippen LogP contribution < -0.4 is 0 Å². The van der Waals surface area contributed by atoms with Crippen molar-refractivity contribution in [3.63, 3.8) is 0 Å². The Morgan fingerprint density at radius 3 is 2.62 bits per heavy atom. The molecule has 0 saturated carbocycles. The van der Waals surface area contributed by atoms with Gasteiger partial charge in [0.1, 0.15) is 0 Å². The van der Waals surface area contributed by atoms with Gasteiger partial charge in [-0.2, -0.15) is 0 Å². The van der Waals surface area contributed by atoms with Crippen LogP contribution in [0.4, 0.5) is 0 Å². The van der Waals surface area contributed by atoms with E-state index >= 15 is 0 Å². The lowest BCUT2D eigenvalue weighted by atomic mass is 9.82. The Kier molecular flexibility index (Phi) is 1.80. The normalized spacial score (nSPS) is 25.6. The third-order valence-electron chi connectivity index (χ3n) is 3.24. The van der Waals surface area contributed by atoms with Gasteiger partial charge in [0.05, 0.1) is 0 Å². The highest BCUT2D eigenvalue weighted by Crippen LogP contribution is 2.41. The third kappa shape index (κ3) is 1.13. The average Bonchev–Trinajstić information content (AvgIpc) is 2.42. The molecule has 0 radical (unpaired) electrons. The molecular weight excluding hydrogens is 156 g/mol. The van der Waals surface area contributed by atoms with Crippen molar-refractivity contribution in [2.24, 2.45) is 0 Å². The molecule has 1 atom stereocenters. The molecule has 0 heteroatoms. The molecule has 0 spiro atoms. The van der Waals surface area contributed by atoms with Crippen LogP contribution in [-0.4, -0.2) is 0 Å². The molecule has 1 aliphatic rings. The van der Waals surface area contributed by atoms with Gasteiger partial charge in [0.25, 0.3) is 0 Å². The van der Waals surface area contributed by atoms with Gasteiger partial charge in [-0.25, -0.2) is 0 Å². The first-order chi connectivity index (χ1) is 6.17. The summed E-state index contributed by atoms with van der Waals surface area (Å²) in [5.74, 6) is 0. The Bertz CT molecular complexity index is 360.